The molecule has 0 atom stereocenters. The Labute approximate surface area is 218 Å². The summed E-state index contributed by atoms with van der Waals surface area (Å²) in [4.78, 5) is 23.0. The molecule has 0 aliphatic heterocycles. The summed E-state index contributed by atoms with van der Waals surface area (Å²) in [6.45, 7) is 8.48. The van der Waals surface area contributed by atoms with Gasteiger partial charge in [-0.15, -0.1) is 0 Å². The van der Waals surface area contributed by atoms with Gasteiger partial charge in [-0.25, -0.2) is 12.4 Å². The van der Waals surface area contributed by atoms with Crippen molar-refractivity contribution in [2.24, 2.45) is 0 Å². The van der Waals surface area contributed by atoms with Crippen LogP contribution in [-0.2, 0) is 16.6 Å². The number of hydrogen-bond acceptors (Lipinski definition) is 6. The molecular formula is C28H36N2O6S. The van der Waals surface area contributed by atoms with Gasteiger partial charge in [0.2, 0.25) is 0 Å². The molecule has 0 aliphatic carbocycles. The van der Waals surface area contributed by atoms with E-state index in [2.05, 4.69) is 0 Å². The summed E-state index contributed by atoms with van der Waals surface area (Å²) < 4.78 is 26.1. The van der Waals surface area contributed by atoms with Gasteiger partial charge in [0.25, 0.3) is 15.6 Å². The molecule has 2 aromatic heterocycles. The molecule has 2 N–H and O–H groups in total. The molecule has 200 valence electrons. The Bertz CT molecular complexity index is 1410. The van der Waals surface area contributed by atoms with E-state index < -0.39 is 21.3 Å². The Hall–Kier alpha value is -4.11. The maximum Gasteiger partial charge on any atom is 0.306 e. The van der Waals surface area contributed by atoms with Gasteiger partial charge >= 0.3 is 5.56 Å². The van der Waals surface area contributed by atoms with E-state index in [-0.39, 0.29) is 23.6 Å². The lowest BCUT2D eigenvalue weighted by atomic mass is 10.2. The van der Waals surface area contributed by atoms with Crippen LogP contribution in [0.1, 0.15) is 40.7 Å². The second-order valence-corrected chi connectivity index (χ2v) is 8.44. The fourth-order valence-electron chi connectivity index (χ4n) is 2.79. The predicted octanol–water partition coefficient (Wildman–Crippen LogP) is 5.08. The van der Waals surface area contributed by atoms with E-state index in [1.807, 2.05) is 58.0 Å². The zero-order valence-electron chi connectivity index (χ0n) is 20.8. The third-order valence-corrected chi connectivity index (χ3v) is 6.06. The fraction of sp³-hybridized carbons (Fsp3) is 0.214. The van der Waals surface area contributed by atoms with Gasteiger partial charge in [-0.3, -0.25) is 9.59 Å². The van der Waals surface area contributed by atoms with E-state index in [0.717, 1.165) is 17.8 Å². The van der Waals surface area contributed by atoms with E-state index in [1.54, 1.807) is 30.5 Å². The number of nitrogens with zero attached hydrogens (tertiary/aromatic N) is 2. The highest BCUT2D eigenvalue weighted by Crippen LogP contribution is 2.12. The smallest absolute Gasteiger partial charge is 0.306 e. The van der Waals surface area contributed by atoms with Crippen molar-refractivity contribution in [3.8, 4) is 11.5 Å². The summed E-state index contributed by atoms with van der Waals surface area (Å²) in [5.41, 5.74) is -0.289. The molecular weight excluding hydrogens is 492 g/mol. The first kappa shape index (κ1) is 32.9. The van der Waals surface area contributed by atoms with Crippen LogP contribution in [0.2, 0.25) is 0 Å². The van der Waals surface area contributed by atoms with Crippen LogP contribution in [0.5, 0.6) is 11.5 Å². The molecule has 0 amide bonds. The van der Waals surface area contributed by atoms with Crippen molar-refractivity contribution in [2.75, 3.05) is 0 Å². The monoisotopic (exact) mass is 528 g/mol. The first-order valence-electron chi connectivity index (χ1n) is 11.4. The van der Waals surface area contributed by atoms with Crippen LogP contribution in [0.25, 0.3) is 0 Å². The van der Waals surface area contributed by atoms with E-state index >= 15 is 0 Å². The van der Waals surface area contributed by atoms with Crippen molar-refractivity contribution in [3.63, 3.8) is 0 Å². The molecule has 8 nitrogen and oxygen atoms in total. The Morgan fingerprint density at radius 1 is 0.649 bits per heavy atom. The molecule has 37 heavy (non-hydrogen) atoms. The van der Waals surface area contributed by atoms with Crippen LogP contribution < -0.4 is 11.1 Å². The number of aromatic nitrogens is 2. The van der Waals surface area contributed by atoms with Crippen molar-refractivity contribution in [2.45, 2.75) is 46.6 Å². The van der Waals surface area contributed by atoms with Crippen LogP contribution >= 0.6 is 0 Å². The topological polar surface area (TPSA) is 119 Å². The first-order chi connectivity index (χ1) is 17.3. The van der Waals surface area contributed by atoms with E-state index in [0.29, 0.717) is 10.5 Å². The molecule has 0 saturated heterocycles. The van der Waals surface area contributed by atoms with Gasteiger partial charge in [-0.1, -0.05) is 83.7 Å². The zero-order valence-corrected chi connectivity index (χ0v) is 21.6. The van der Waals surface area contributed by atoms with Crippen LogP contribution in [-0.4, -0.2) is 27.2 Å². The molecule has 2 heterocycles. The first-order valence-corrected chi connectivity index (χ1v) is 12.9. The molecule has 0 saturated carbocycles. The summed E-state index contributed by atoms with van der Waals surface area (Å²) >= 11 is 0. The third-order valence-electron chi connectivity index (χ3n) is 4.39. The molecule has 0 fully saturated rings. The van der Waals surface area contributed by atoms with Crippen LogP contribution in [0.3, 0.4) is 0 Å². The summed E-state index contributed by atoms with van der Waals surface area (Å²) in [5.74, 6) is -0.819. The van der Waals surface area contributed by atoms with Gasteiger partial charge in [0, 0.05) is 12.4 Å². The highest BCUT2D eigenvalue weighted by molar-refractivity contribution is 7.90. The Morgan fingerprint density at radius 2 is 1.11 bits per heavy atom. The van der Waals surface area contributed by atoms with Crippen LogP contribution in [0, 0.1) is 0 Å². The Balaban J connectivity index is 0.000000606. The Kier molecular flexibility index (Phi) is 14.7. The lowest BCUT2D eigenvalue weighted by Gasteiger charge is -2.07. The van der Waals surface area contributed by atoms with Gasteiger partial charge in [0.05, 0.1) is 11.4 Å². The van der Waals surface area contributed by atoms with Crippen molar-refractivity contribution in [1.82, 2.24) is 8.54 Å². The second kappa shape index (κ2) is 16.5. The molecule has 0 bridgehead atoms. The maximum atomic E-state index is 12.1. The molecule has 4 rings (SSSR count). The molecule has 0 spiro atoms. The Morgan fingerprint density at radius 3 is 1.65 bits per heavy atom. The minimum Gasteiger partial charge on any atom is -0.503 e. The summed E-state index contributed by atoms with van der Waals surface area (Å²) in [7, 11) is -3.95. The van der Waals surface area contributed by atoms with E-state index in [4.69, 9.17) is 0 Å². The number of benzene rings is 2. The van der Waals surface area contributed by atoms with Crippen molar-refractivity contribution < 1.29 is 18.6 Å². The van der Waals surface area contributed by atoms with Crippen LogP contribution in [0.4, 0.5) is 0 Å². The zero-order chi connectivity index (χ0) is 27.1. The van der Waals surface area contributed by atoms with Crippen LogP contribution in [0.15, 0.2) is 112 Å². The van der Waals surface area contributed by atoms with Gasteiger partial charge < -0.3 is 14.8 Å². The minimum absolute atomic E-state index is 0. The van der Waals surface area contributed by atoms with E-state index in [9.17, 15) is 28.2 Å². The van der Waals surface area contributed by atoms with Gasteiger partial charge in [-0.05, 0) is 42.0 Å². The fourth-order valence-corrected chi connectivity index (χ4v) is 4.06. The predicted molar refractivity (Wildman–Crippen MR) is 149 cm³/mol. The normalized spacial score (nSPS) is 9.62. The number of hydrogen-bond donors (Lipinski definition) is 2. The average Bonchev–Trinajstić information content (AvgIpc) is 2.92. The van der Waals surface area contributed by atoms with Gasteiger partial charge in [0.15, 0.2) is 11.5 Å². The highest BCUT2D eigenvalue weighted by Gasteiger charge is 2.18. The number of aromatic hydroxyl groups is 2. The third kappa shape index (κ3) is 9.12. The van der Waals surface area contributed by atoms with Gasteiger partial charge in [0.1, 0.15) is 0 Å². The molecule has 9 heteroatoms. The molecule has 0 radical (unpaired) electrons. The molecule has 4 aromatic rings. The summed E-state index contributed by atoms with van der Waals surface area (Å²) in [6, 6.07) is 22.7. The SMILES string of the molecule is C.CC.CC.O=c1c(O)cccn1Cc1ccccc1.O=c1c(O)cccn1S(=O)(=O)c1ccccc1. The van der Waals surface area contributed by atoms with Crippen molar-refractivity contribution in [3.05, 3.63) is 124 Å². The van der Waals surface area contributed by atoms with E-state index in [1.165, 1.54) is 28.8 Å². The average molecular weight is 529 g/mol. The molecule has 2 aromatic carbocycles. The highest BCUT2D eigenvalue weighted by atomic mass is 32.2. The lowest BCUT2D eigenvalue weighted by molar-refractivity contribution is 0.459. The van der Waals surface area contributed by atoms with Gasteiger partial charge in [-0.2, -0.15) is 0 Å². The minimum atomic E-state index is -3.95. The standard InChI is InChI=1S/C12H11NO2.C11H9NO4S.2C2H6.CH4/c14-11-7-4-8-13(12(11)15)9-10-5-2-1-3-6-10;13-10-7-4-8-12(11(10)14)17(15,16)9-5-2-1-3-6-9;2*1-2;/h1-8,14H,9H2;1-8,13H;2*1-2H3;1H4. The summed E-state index contributed by atoms with van der Waals surface area (Å²) in [6.07, 6.45) is 2.76. The van der Waals surface area contributed by atoms with Crippen molar-refractivity contribution >= 4 is 10.0 Å². The number of rotatable bonds is 4. The number of pyridine rings is 2. The quantitative estimate of drug-likeness (QED) is 0.381. The lowest BCUT2D eigenvalue weighted by Crippen LogP contribution is -2.26. The molecule has 0 unspecified atom stereocenters. The maximum absolute atomic E-state index is 12.1. The van der Waals surface area contributed by atoms with Crippen molar-refractivity contribution in [1.29, 1.82) is 0 Å². The largest absolute Gasteiger partial charge is 0.503 e. The second-order valence-electron chi connectivity index (χ2n) is 6.62. The summed E-state index contributed by atoms with van der Waals surface area (Å²) in [5, 5.41) is 18.5. The molecule has 0 aliphatic rings.